The van der Waals surface area contributed by atoms with Crippen LogP contribution in [-0.4, -0.2) is 96.5 Å². The van der Waals surface area contributed by atoms with Crippen LogP contribution in [0.2, 0.25) is 0 Å². The minimum atomic E-state index is -0.467. The fourth-order valence-corrected chi connectivity index (χ4v) is 3.91. The fourth-order valence-electron chi connectivity index (χ4n) is 3.91. The maximum atomic E-state index is 12.6. The number of carbonyl (C=O) groups is 2. The van der Waals surface area contributed by atoms with E-state index in [4.69, 9.17) is 4.99 Å². The predicted octanol–water partition coefficient (Wildman–Crippen LogP) is 0.0244. The first-order chi connectivity index (χ1) is 13.0. The summed E-state index contributed by atoms with van der Waals surface area (Å²) in [7, 11) is 3.81. The molecule has 0 aliphatic carbocycles. The second-order valence-electron chi connectivity index (χ2n) is 7.41. The van der Waals surface area contributed by atoms with Gasteiger partial charge in [0.15, 0.2) is 18.2 Å². The average Bonchev–Trinajstić information content (AvgIpc) is 3.06. The third kappa shape index (κ3) is 3.37. The third-order valence-electron chi connectivity index (χ3n) is 5.61. The third-order valence-corrected chi connectivity index (χ3v) is 5.61. The van der Waals surface area contributed by atoms with Gasteiger partial charge in [-0.1, -0.05) is 30.3 Å². The summed E-state index contributed by atoms with van der Waals surface area (Å²) in [6.07, 6.45) is 0.360. The van der Waals surface area contributed by atoms with Crippen LogP contribution in [0.4, 0.5) is 4.79 Å². The molecule has 0 saturated carbocycles. The van der Waals surface area contributed by atoms with Crippen molar-refractivity contribution in [3.63, 3.8) is 0 Å². The highest BCUT2D eigenvalue weighted by molar-refractivity contribution is 6.03. The van der Waals surface area contributed by atoms with Crippen molar-refractivity contribution in [1.29, 1.82) is 0 Å². The summed E-state index contributed by atoms with van der Waals surface area (Å²) < 4.78 is 0. The Kier molecular flexibility index (Phi) is 4.73. The number of carbonyl (C=O) groups excluding carboxylic acids is 2. The number of rotatable bonds is 3. The molecule has 1 aromatic rings. The van der Waals surface area contributed by atoms with Crippen molar-refractivity contribution in [2.24, 2.45) is 4.99 Å². The lowest BCUT2D eigenvalue weighted by Crippen LogP contribution is -2.64. The summed E-state index contributed by atoms with van der Waals surface area (Å²) in [5, 5.41) is 2.47. The number of nitrogens with one attached hydrogen (secondary N) is 1. The van der Waals surface area contributed by atoms with Gasteiger partial charge in [-0.15, -0.1) is 0 Å². The standard InChI is InChI=1S/C19H26N6O2/c1-22-10-12-24(13-11-22)18-20-16-15(17(26)21-19(27)23(16)2)25(18)9-8-14-6-4-3-5-7-14/h3-7,15-16H,8-13H2,1-2H3,(H,21,26,27). The number of aliphatic imine (C=N–C) groups is 1. The van der Waals surface area contributed by atoms with E-state index in [0.717, 1.165) is 38.6 Å². The summed E-state index contributed by atoms with van der Waals surface area (Å²) in [5.41, 5.74) is 1.22. The maximum Gasteiger partial charge on any atom is 0.325 e. The molecule has 3 aliphatic rings. The molecule has 144 valence electrons. The van der Waals surface area contributed by atoms with E-state index in [9.17, 15) is 9.59 Å². The minimum Gasteiger partial charge on any atom is -0.340 e. The van der Waals surface area contributed by atoms with Crippen LogP contribution in [0.15, 0.2) is 35.3 Å². The second-order valence-corrected chi connectivity index (χ2v) is 7.41. The largest absolute Gasteiger partial charge is 0.340 e. The van der Waals surface area contributed by atoms with E-state index in [0.29, 0.717) is 6.54 Å². The van der Waals surface area contributed by atoms with Crippen molar-refractivity contribution in [1.82, 2.24) is 24.9 Å². The van der Waals surface area contributed by atoms with Gasteiger partial charge >= 0.3 is 6.03 Å². The Labute approximate surface area is 159 Å². The van der Waals surface area contributed by atoms with E-state index in [1.54, 1.807) is 7.05 Å². The number of likely N-dealkylation sites (N-methyl/N-ethyl adjacent to an activating group) is 2. The molecule has 4 rings (SSSR count). The van der Waals surface area contributed by atoms with Crippen LogP contribution in [0.25, 0.3) is 0 Å². The van der Waals surface area contributed by atoms with Crippen LogP contribution in [0, 0.1) is 0 Å². The monoisotopic (exact) mass is 370 g/mol. The Morgan fingerprint density at radius 1 is 1.07 bits per heavy atom. The number of piperazine rings is 1. The van der Waals surface area contributed by atoms with Gasteiger partial charge in [0.1, 0.15) is 0 Å². The molecule has 0 aromatic heterocycles. The normalized spacial score (nSPS) is 26.1. The molecule has 27 heavy (non-hydrogen) atoms. The smallest absolute Gasteiger partial charge is 0.325 e. The van der Waals surface area contributed by atoms with Crippen LogP contribution in [0.3, 0.4) is 0 Å². The molecule has 2 saturated heterocycles. The minimum absolute atomic E-state index is 0.260. The van der Waals surface area contributed by atoms with Crippen molar-refractivity contribution in [3.05, 3.63) is 35.9 Å². The number of amides is 3. The molecule has 3 heterocycles. The Morgan fingerprint density at radius 3 is 2.48 bits per heavy atom. The van der Waals surface area contributed by atoms with Crippen molar-refractivity contribution in [2.75, 3.05) is 46.8 Å². The van der Waals surface area contributed by atoms with E-state index in [1.807, 2.05) is 18.2 Å². The van der Waals surface area contributed by atoms with Crippen LogP contribution in [-0.2, 0) is 11.2 Å². The van der Waals surface area contributed by atoms with Gasteiger partial charge in [-0.25, -0.2) is 9.79 Å². The molecule has 3 aliphatic heterocycles. The number of benzene rings is 1. The second kappa shape index (κ2) is 7.19. The molecule has 2 unspecified atom stereocenters. The lowest BCUT2D eigenvalue weighted by molar-refractivity contribution is -0.127. The van der Waals surface area contributed by atoms with E-state index < -0.39 is 12.2 Å². The number of imide groups is 1. The van der Waals surface area contributed by atoms with Crippen molar-refractivity contribution >= 4 is 17.9 Å². The Morgan fingerprint density at radius 2 is 1.78 bits per heavy atom. The average molecular weight is 370 g/mol. The molecule has 0 radical (unpaired) electrons. The Bertz CT molecular complexity index is 744. The molecule has 1 aromatic carbocycles. The predicted molar refractivity (Wildman–Crippen MR) is 102 cm³/mol. The topological polar surface area (TPSA) is 71.5 Å². The highest BCUT2D eigenvalue weighted by Gasteiger charge is 2.49. The summed E-state index contributed by atoms with van der Waals surface area (Å²) in [5.74, 6) is 0.578. The SMILES string of the molecule is CN1CCN(C2=NC3C(C(=O)NC(=O)N3C)N2CCc2ccccc2)CC1. The van der Waals surface area contributed by atoms with Crippen LogP contribution >= 0.6 is 0 Å². The van der Waals surface area contributed by atoms with Gasteiger partial charge in [0.2, 0.25) is 0 Å². The Hall–Kier alpha value is -2.61. The number of hydrogen-bond donors (Lipinski definition) is 1. The van der Waals surface area contributed by atoms with Gasteiger partial charge in [0, 0.05) is 39.8 Å². The molecule has 1 N–H and O–H groups in total. The zero-order chi connectivity index (χ0) is 19.0. The maximum absolute atomic E-state index is 12.6. The lowest BCUT2D eigenvalue weighted by Gasteiger charge is -2.39. The van der Waals surface area contributed by atoms with Gasteiger partial charge in [0.05, 0.1) is 0 Å². The number of fused-ring (bicyclic) bond motifs is 1. The molecular weight excluding hydrogens is 344 g/mol. The van der Waals surface area contributed by atoms with E-state index in [1.165, 1.54) is 10.5 Å². The summed E-state index contributed by atoms with van der Waals surface area (Å²) in [6.45, 7) is 4.35. The van der Waals surface area contributed by atoms with Gasteiger partial charge in [-0.3, -0.25) is 10.1 Å². The first kappa shape index (κ1) is 17.8. The highest BCUT2D eigenvalue weighted by atomic mass is 16.2. The van der Waals surface area contributed by atoms with Gasteiger partial charge in [-0.2, -0.15) is 0 Å². The number of guanidine groups is 1. The first-order valence-corrected chi connectivity index (χ1v) is 9.44. The summed E-state index contributed by atoms with van der Waals surface area (Å²) >= 11 is 0. The molecular formula is C19H26N6O2. The van der Waals surface area contributed by atoms with Crippen molar-refractivity contribution in [3.8, 4) is 0 Å². The lowest BCUT2D eigenvalue weighted by atomic mass is 10.1. The zero-order valence-corrected chi connectivity index (χ0v) is 15.8. The Balaban J connectivity index is 1.59. The zero-order valence-electron chi connectivity index (χ0n) is 15.8. The molecule has 0 spiro atoms. The molecule has 3 amide bonds. The number of hydrogen-bond acceptors (Lipinski definition) is 6. The van der Waals surface area contributed by atoms with Crippen molar-refractivity contribution in [2.45, 2.75) is 18.6 Å². The van der Waals surface area contributed by atoms with Gasteiger partial charge in [0.25, 0.3) is 5.91 Å². The number of urea groups is 1. The summed E-state index contributed by atoms with van der Waals surface area (Å²) in [6, 6.07) is 9.39. The summed E-state index contributed by atoms with van der Waals surface area (Å²) in [4.78, 5) is 37.7. The van der Waals surface area contributed by atoms with Crippen LogP contribution < -0.4 is 5.32 Å². The van der Waals surface area contributed by atoms with Gasteiger partial charge in [-0.05, 0) is 19.0 Å². The molecule has 2 atom stereocenters. The van der Waals surface area contributed by atoms with E-state index in [-0.39, 0.29) is 11.9 Å². The van der Waals surface area contributed by atoms with E-state index >= 15 is 0 Å². The highest BCUT2D eigenvalue weighted by Crippen LogP contribution is 2.26. The van der Waals surface area contributed by atoms with Gasteiger partial charge < -0.3 is 19.6 Å². The molecule has 8 nitrogen and oxygen atoms in total. The quantitative estimate of drug-likeness (QED) is 0.813. The fraction of sp³-hybridized carbons (Fsp3) is 0.526. The molecule has 0 bridgehead atoms. The van der Waals surface area contributed by atoms with Crippen LogP contribution in [0.5, 0.6) is 0 Å². The van der Waals surface area contributed by atoms with Crippen molar-refractivity contribution < 1.29 is 9.59 Å². The molecule has 2 fully saturated rings. The number of nitrogens with zero attached hydrogens (tertiary/aromatic N) is 5. The van der Waals surface area contributed by atoms with Crippen LogP contribution in [0.1, 0.15) is 5.56 Å². The molecule has 8 heteroatoms. The first-order valence-electron chi connectivity index (χ1n) is 9.44. The van der Waals surface area contributed by atoms with E-state index in [2.05, 4.69) is 39.2 Å².